The zero-order valence-electron chi connectivity index (χ0n) is 16.0. The molecule has 0 unspecified atom stereocenters. The van der Waals surface area contributed by atoms with E-state index in [-0.39, 0.29) is 6.54 Å². The molecular formula is C18H21N5O4S. The van der Waals surface area contributed by atoms with Crippen molar-refractivity contribution in [2.75, 3.05) is 19.5 Å². The molecule has 0 bridgehead atoms. The van der Waals surface area contributed by atoms with Crippen LogP contribution in [0.4, 0.5) is 5.69 Å². The van der Waals surface area contributed by atoms with Crippen molar-refractivity contribution >= 4 is 29.0 Å². The molecule has 0 aliphatic heterocycles. The number of hydrogen-bond acceptors (Lipinski definition) is 7. The van der Waals surface area contributed by atoms with Crippen molar-refractivity contribution in [3.8, 4) is 11.5 Å². The number of nitrogens with one attached hydrogen (secondary N) is 1. The summed E-state index contributed by atoms with van der Waals surface area (Å²) in [6, 6.07) is 8.56. The standard InChI is InChI=1S/C18H21N5O4S/c1-11(2)28-17-8-7-15-20-22(18(25)23(15)21-17)10-16(24)19-13-9-12(26-3)5-6-14(13)27-4/h5-9,11H,10H2,1-4H3,(H,19,24). The molecule has 148 valence electrons. The first kappa shape index (κ1) is 19.7. The van der Waals surface area contributed by atoms with E-state index in [9.17, 15) is 9.59 Å². The lowest BCUT2D eigenvalue weighted by Gasteiger charge is -2.11. The van der Waals surface area contributed by atoms with Crippen molar-refractivity contribution in [1.82, 2.24) is 19.4 Å². The lowest BCUT2D eigenvalue weighted by molar-refractivity contribution is -0.117. The summed E-state index contributed by atoms with van der Waals surface area (Å²) in [6.07, 6.45) is 0. The molecule has 0 saturated heterocycles. The highest BCUT2D eigenvalue weighted by Gasteiger charge is 2.15. The molecule has 0 radical (unpaired) electrons. The monoisotopic (exact) mass is 403 g/mol. The van der Waals surface area contributed by atoms with Gasteiger partial charge in [-0.15, -0.1) is 16.9 Å². The maximum absolute atomic E-state index is 12.5. The molecule has 2 aromatic heterocycles. The topological polar surface area (TPSA) is 99.8 Å². The van der Waals surface area contributed by atoms with E-state index in [1.807, 2.05) is 13.8 Å². The van der Waals surface area contributed by atoms with Gasteiger partial charge in [-0.2, -0.15) is 9.61 Å². The Hall–Kier alpha value is -3.01. The second kappa shape index (κ2) is 8.34. The van der Waals surface area contributed by atoms with E-state index in [1.165, 1.54) is 18.7 Å². The number of nitrogens with zero attached hydrogens (tertiary/aromatic N) is 4. The molecule has 3 rings (SSSR count). The van der Waals surface area contributed by atoms with Crippen LogP contribution in [0.5, 0.6) is 11.5 Å². The van der Waals surface area contributed by atoms with E-state index < -0.39 is 11.6 Å². The molecule has 9 nitrogen and oxygen atoms in total. The molecule has 2 heterocycles. The van der Waals surface area contributed by atoms with E-state index in [0.717, 1.165) is 9.71 Å². The second-order valence-electron chi connectivity index (χ2n) is 6.16. The fraction of sp³-hybridized carbons (Fsp3) is 0.333. The third-order valence-electron chi connectivity index (χ3n) is 3.75. The van der Waals surface area contributed by atoms with Gasteiger partial charge in [-0.3, -0.25) is 4.79 Å². The van der Waals surface area contributed by atoms with Gasteiger partial charge in [0.2, 0.25) is 5.91 Å². The number of thioether (sulfide) groups is 1. The van der Waals surface area contributed by atoms with Crippen LogP contribution >= 0.6 is 11.8 Å². The fourth-order valence-corrected chi connectivity index (χ4v) is 3.30. The molecule has 1 amide bonds. The summed E-state index contributed by atoms with van der Waals surface area (Å²) in [7, 11) is 3.03. The third kappa shape index (κ3) is 4.28. The van der Waals surface area contributed by atoms with Gasteiger partial charge in [-0.25, -0.2) is 9.48 Å². The van der Waals surface area contributed by atoms with Crippen LogP contribution in [0.15, 0.2) is 40.2 Å². The highest BCUT2D eigenvalue weighted by atomic mass is 32.2. The second-order valence-corrected chi connectivity index (χ2v) is 7.76. The van der Waals surface area contributed by atoms with E-state index in [1.54, 1.807) is 42.1 Å². The van der Waals surface area contributed by atoms with Gasteiger partial charge < -0.3 is 14.8 Å². The van der Waals surface area contributed by atoms with Crippen LogP contribution in [0.2, 0.25) is 0 Å². The first-order chi connectivity index (χ1) is 13.4. The largest absolute Gasteiger partial charge is 0.497 e. The molecule has 0 saturated carbocycles. The SMILES string of the molecule is COc1ccc(OC)c(NC(=O)Cn2nc3ccc(SC(C)C)nn3c2=O)c1. The number of hydrogen-bond donors (Lipinski definition) is 1. The van der Waals surface area contributed by atoms with Gasteiger partial charge in [0.1, 0.15) is 23.1 Å². The molecule has 0 atom stereocenters. The molecule has 28 heavy (non-hydrogen) atoms. The van der Waals surface area contributed by atoms with Gasteiger partial charge in [-0.05, 0) is 24.3 Å². The molecule has 10 heteroatoms. The summed E-state index contributed by atoms with van der Waals surface area (Å²) in [5, 5.41) is 12.2. The molecule has 1 N–H and O–H groups in total. The van der Waals surface area contributed by atoms with Crippen LogP contribution in [0.25, 0.3) is 5.65 Å². The van der Waals surface area contributed by atoms with Crippen LogP contribution in [-0.2, 0) is 11.3 Å². The van der Waals surface area contributed by atoms with Crippen molar-refractivity contribution in [2.24, 2.45) is 0 Å². The number of rotatable bonds is 7. The maximum Gasteiger partial charge on any atom is 0.367 e. The van der Waals surface area contributed by atoms with Crippen molar-refractivity contribution in [3.05, 3.63) is 40.8 Å². The average molecular weight is 403 g/mol. The smallest absolute Gasteiger partial charge is 0.367 e. The van der Waals surface area contributed by atoms with Crippen molar-refractivity contribution in [2.45, 2.75) is 30.7 Å². The number of aromatic nitrogens is 4. The first-order valence-corrected chi connectivity index (χ1v) is 9.44. The molecule has 0 aliphatic rings. The summed E-state index contributed by atoms with van der Waals surface area (Å²) in [5.74, 6) is 0.628. The van der Waals surface area contributed by atoms with E-state index in [2.05, 4.69) is 15.5 Å². The van der Waals surface area contributed by atoms with Crippen molar-refractivity contribution in [1.29, 1.82) is 0 Å². The van der Waals surface area contributed by atoms with Crippen LogP contribution < -0.4 is 20.5 Å². The Labute approximate surface area is 165 Å². The number of fused-ring (bicyclic) bond motifs is 1. The lowest BCUT2D eigenvalue weighted by Crippen LogP contribution is -2.29. The number of methoxy groups -OCH3 is 2. The van der Waals surface area contributed by atoms with Gasteiger partial charge in [0, 0.05) is 11.3 Å². The normalized spacial score (nSPS) is 11.0. The number of benzene rings is 1. The molecular weight excluding hydrogens is 382 g/mol. The quantitative estimate of drug-likeness (QED) is 0.603. The number of ether oxygens (including phenoxy) is 2. The summed E-state index contributed by atoms with van der Waals surface area (Å²) >= 11 is 1.54. The number of carbonyl (C=O) groups is 1. The van der Waals surface area contributed by atoms with Gasteiger partial charge in [-0.1, -0.05) is 13.8 Å². The Bertz CT molecular complexity index is 1060. The summed E-state index contributed by atoms with van der Waals surface area (Å²) in [6.45, 7) is 3.83. The fourth-order valence-electron chi connectivity index (χ4n) is 2.54. The molecule has 0 fully saturated rings. The predicted molar refractivity (Wildman–Crippen MR) is 106 cm³/mol. The highest BCUT2D eigenvalue weighted by molar-refractivity contribution is 7.99. The number of amides is 1. The Balaban J connectivity index is 1.82. The minimum Gasteiger partial charge on any atom is -0.497 e. The Morgan fingerprint density at radius 2 is 1.96 bits per heavy atom. The molecule has 0 spiro atoms. The van der Waals surface area contributed by atoms with Gasteiger partial charge in [0.15, 0.2) is 5.65 Å². The lowest BCUT2D eigenvalue weighted by atomic mass is 10.2. The zero-order valence-corrected chi connectivity index (χ0v) is 16.8. The molecule has 3 aromatic rings. The number of anilines is 1. The minimum absolute atomic E-state index is 0.255. The minimum atomic E-state index is -0.478. The Kier molecular flexibility index (Phi) is 5.88. The van der Waals surface area contributed by atoms with Crippen LogP contribution in [0.1, 0.15) is 13.8 Å². The van der Waals surface area contributed by atoms with Gasteiger partial charge in [0.05, 0.1) is 19.9 Å². The predicted octanol–water partition coefficient (Wildman–Crippen LogP) is 2.05. The summed E-state index contributed by atoms with van der Waals surface area (Å²) < 4.78 is 12.7. The molecule has 0 aliphatic carbocycles. The van der Waals surface area contributed by atoms with Crippen molar-refractivity contribution in [3.63, 3.8) is 0 Å². The first-order valence-electron chi connectivity index (χ1n) is 8.56. The van der Waals surface area contributed by atoms with Crippen LogP contribution in [-0.4, -0.2) is 44.8 Å². The van der Waals surface area contributed by atoms with Crippen LogP contribution in [0.3, 0.4) is 0 Å². The van der Waals surface area contributed by atoms with E-state index in [0.29, 0.717) is 28.1 Å². The zero-order chi connectivity index (χ0) is 20.3. The van der Waals surface area contributed by atoms with Crippen LogP contribution in [0, 0.1) is 0 Å². The van der Waals surface area contributed by atoms with E-state index >= 15 is 0 Å². The third-order valence-corrected chi connectivity index (χ3v) is 4.68. The number of carbonyl (C=O) groups excluding carboxylic acids is 1. The molecule has 1 aromatic carbocycles. The van der Waals surface area contributed by atoms with E-state index in [4.69, 9.17) is 9.47 Å². The highest BCUT2D eigenvalue weighted by Crippen LogP contribution is 2.28. The summed E-state index contributed by atoms with van der Waals surface area (Å²) in [4.78, 5) is 25.0. The summed E-state index contributed by atoms with van der Waals surface area (Å²) in [5.41, 5.74) is 0.344. The van der Waals surface area contributed by atoms with Crippen molar-refractivity contribution < 1.29 is 14.3 Å². The maximum atomic E-state index is 12.5. The van der Waals surface area contributed by atoms with Gasteiger partial charge >= 0.3 is 5.69 Å². The Morgan fingerprint density at radius 1 is 1.18 bits per heavy atom. The Morgan fingerprint density at radius 3 is 2.64 bits per heavy atom. The van der Waals surface area contributed by atoms with Gasteiger partial charge in [0.25, 0.3) is 0 Å². The average Bonchev–Trinajstić information content (AvgIpc) is 2.96.